The quantitative estimate of drug-likeness (QED) is 0.594. The minimum Gasteiger partial charge on any atom is -0.306 e. The van der Waals surface area contributed by atoms with Gasteiger partial charge in [-0.15, -0.1) is 0 Å². The molecule has 24 heavy (non-hydrogen) atoms. The molecule has 1 aromatic carbocycles. The van der Waals surface area contributed by atoms with Crippen LogP contribution in [0, 0.1) is 13.8 Å². The Bertz CT molecular complexity index is 1130. The van der Waals surface area contributed by atoms with Gasteiger partial charge in [0.25, 0.3) is 0 Å². The predicted octanol–water partition coefficient (Wildman–Crippen LogP) is 3.31. The summed E-state index contributed by atoms with van der Waals surface area (Å²) in [4.78, 5) is 21.7. The van der Waals surface area contributed by atoms with Gasteiger partial charge in [0.15, 0.2) is 5.65 Å². The zero-order valence-corrected chi connectivity index (χ0v) is 14.1. The molecule has 0 aliphatic rings. The number of nitrogens with zero attached hydrogens (tertiary/aromatic N) is 3. The van der Waals surface area contributed by atoms with E-state index in [1.54, 1.807) is 6.33 Å². The molecule has 0 saturated heterocycles. The Morgan fingerprint density at radius 2 is 1.75 bits per heavy atom. The first-order valence-electron chi connectivity index (χ1n) is 8.01. The van der Waals surface area contributed by atoms with E-state index < -0.39 is 0 Å². The Hall–Kier alpha value is -2.89. The monoisotopic (exact) mass is 321 g/mol. The van der Waals surface area contributed by atoms with Crippen molar-refractivity contribution in [2.75, 3.05) is 0 Å². The fourth-order valence-electron chi connectivity index (χ4n) is 3.28. The lowest BCUT2D eigenvalue weighted by molar-refractivity contribution is 0.869. The van der Waals surface area contributed by atoms with Crippen molar-refractivity contribution in [2.24, 2.45) is 0 Å². The van der Waals surface area contributed by atoms with Crippen molar-refractivity contribution in [2.45, 2.75) is 33.6 Å². The largest absolute Gasteiger partial charge is 0.323 e. The van der Waals surface area contributed by atoms with E-state index in [1.165, 1.54) is 11.1 Å². The van der Waals surface area contributed by atoms with Gasteiger partial charge in [-0.2, -0.15) is 5.10 Å². The second-order valence-corrected chi connectivity index (χ2v) is 6.54. The molecule has 0 amide bonds. The number of pyridine rings is 1. The fourth-order valence-corrected chi connectivity index (χ4v) is 3.28. The molecule has 6 nitrogen and oxygen atoms in total. The van der Waals surface area contributed by atoms with Gasteiger partial charge >= 0.3 is 5.69 Å². The topological polar surface area (TPSA) is 78.8 Å². The number of rotatable bonds is 2. The molecule has 0 spiro atoms. The molecule has 0 aliphatic heterocycles. The Morgan fingerprint density at radius 3 is 2.46 bits per heavy atom. The number of hydrogen-bond donors (Lipinski definition) is 2. The van der Waals surface area contributed by atoms with Gasteiger partial charge in [0.1, 0.15) is 6.33 Å². The van der Waals surface area contributed by atoms with Crippen LogP contribution in [0.25, 0.3) is 27.8 Å². The van der Waals surface area contributed by atoms with Crippen molar-refractivity contribution in [3.63, 3.8) is 0 Å². The van der Waals surface area contributed by atoms with E-state index in [0.29, 0.717) is 5.92 Å². The molecule has 0 saturated carbocycles. The summed E-state index contributed by atoms with van der Waals surface area (Å²) in [5.74, 6) is 0.328. The number of aryl methyl sites for hydroxylation is 1. The lowest BCUT2D eigenvalue weighted by Crippen LogP contribution is -2.00. The normalized spacial score (nSPS) is 11.9. The third kappa shape index (κ3) is 2.06. The minimum absolute atomic E-state index is 0.184. The molecule has 0 atom stereocenters. The summed E-state index contributed by atoms with van der Waals surface area (Å²) in [7, 11) is 0. The van der Waals surface area contributed by atoms with Crippen LogP contribution < -0.4 is 5.69 Å². The maximum atomic E-state index is 11.6. The SMILES string of the molecule is Cc1c(-c2cc3[nH]c(=O)[nH]c3cc2C(C)C)cn2ncnc2c1C. The molecular formula is C18H19N5O. The highest BCUT2D eigenvalue weighted by Gasteiger charge is 2.17. The van der Waals surface area contributed by atoms with Crippen LogP contribution in [0.3, 0.4) is 0 Å². The Kier molecular flexibility index (Phi) is 3.09. The lowest BCUT2D eigenvalue weighted by atomic mass is 9.90. The van der Waals surface area contributed by atoms with Crippen LogP contribution in [0.15, 0.2) is 29.5 Å². The second kappa shape index (κ2) is 5.06. The van der Waals surface area contributed by atoms with Crippen LogP contribution in [0.4, 0.5) is 0 Å². The molecule has 122 valence electrons. The number of nitrogens with one attached hydrogen (secondary N) is 2. The van der Waals surface area contributed by atoms with Crippen LogP contribution in [-0.4, -0.2) is 24.6 Å². The third-order valence-corrected chi connectivity index (χ3v) is 4.72. The maximum absolute atomic E-state index is 11.6. The predicted molar refractivity (Wildman–Crippen MR) is 94.5 cm³/mol. The zero-order chi connectivity index (χ0) is 17.0. The average Bonchev–Trinajstić information content (AvgIpc) is 3.14. The highest BCUT2D eigenvalue weighted by Crippen LogP contribution is 2.35. The van der Waals surface area contributed by atoms with Gasteiger partial charge in [0.2, 0.25) is 0 Å². The molecule has 0 radical (unpaired) electrons. The number of imidazole rings is 1. The van der Waals surface area contributed by atoms with Crippen LogP contribution in [-0.2, 0) is 0 Å². The molecule has 3 heterocycles. The molecule has 4 rings (SSSR count). The molecule has 0 aliphatic carbocycles. The summed E-state index contributed by atoms with van der Waals surface area (Å²) in [5, 5.41) is 4.29. The number of aromatic nitrogens is 5. The Labute approximate surface area is 138 Å². The standard InChI is InChI=1S/C18H19N5O/c1-9(2)12-5-15-16(22-18(24)21-15)6-13(12)14-7-23-17(19-8-20-23)11(4)10(14)3/h5-9H,1-4H3,(H2,21,22,24). The summed E-state index contributed by atoms with van der Waals surface area (Å²) >= 11 is 0. The number of fused-ring (bicyclic) bond motifs is 2. The van der Waals surface area contributed by atoms with E-state index in [-0.39, 0.29) is 5.69 Å². The number of H-pyrrole nitrogens is 2. The van der Waals surface area contributed by atoms with Gasteiger partial charge in [-0.25, -0.2) is 14.3 Å². The first-order chi connectivity index (χ1) is 11.5. The van der Waals surface area contributed by atoms with Gasteiger partial charge in [-0.1, -0.05) is 13.8 Å². The Balaban J connectivity index is 2.10. The lowest BCUT2D eigenvalue weighted by Gasteiger charge is -2.17. The van der Waals surface area contributed by atoms with Gasteiger partial charge in [-0.3, -0.25) is 0 Å². The van der Waals surface area contributed by atoms with Crippen molar-refractivity contribution < 1.29 is 0 Å². The first-order valence-corrected chi connectivity index (χ1v) is 8.01. The summed E-state index contributed by atoms with van der Waals surface area (Å²) in [5.41, 5.74) is 8.05. The van der Waals surface area contributed by atoms with Crippen LogP contribution in [0.5, 0.6) is 0 Å². The summed E-state index contributed by atoms with van der Waals surface area (Å²) < 4.78 is 1.81. The number of benzene rings is 1. The van der Waals surface area contributed by atoms with E-state index in [1.807, 2.05) is 16.8 Å². The molecule has 2 N–H and O–H groups in total. The summed E-state index contributed by atoms with van der Waals surface area (Å²) in [6.07, 6.45) is 3.59. The van der Waals surface area contributed by atoms with Crippen molar-refractivity contribution in [1.29, 1.82) is 0 Å². The van der Waals surface area contributed by atoms with E-state index >= 15 is 0 Å². The van der Waals surface area contributed by atoms with Crippen molar-refractivity contribution in [3.05, 3.63) is 51.8 Å². The van der Waals surface area contributed by atoms with E-state index in [0.717, 1.165) is 33.4 Å². The zero-order valence-electron chi connectivity index (χ0n) is 14.1. The van der Waals surface area contributed by atoms with Crippen LogP contribution >= 0.6 is 0 Å². The minimum atomic E-state index is -0.184. The molecule has 0 bridgehead atoms. The van der Waals surface area contributed by atoms with Gasteiger partial charge in [0.05, 0.1) is 11.0 Å². The second-order valence-electron chi connectivity index (χ2n) is 6.54. The molecular weight excluding hydrogens is 302 g/mol. The van der Waals surface area contributed by atoms with E-state index in [4.69, 9.17) is 0 Å². The molecule has 4 aromatic rings. The summed E-state index contributed by atoms with van der Waals surface area (Å²) in [6.45, 7) is 8.49. The highest BCUT2D eigenvalue weighted by atomic mass is 16.1. The Morgan fingerprint density at radius 1 is 1.04 bits per heavy atom. The van der Waals surface area contributed by atoms with Gasteiger partial charge in [0, 0.05) is 11.8 Å². The van der Waals surface area contributed by atoms with Gasteiger partial charge < -0.3 is 9.97 Å². The van der Waals surface area contributed by atoms with Crippen molar-refractivity contribution in [3.8, 4) is 11.1 Å². The van der Waals surface area contributed by atoms with E-state index in [2.05, 4.69) is 53.8 Å². The maximum Gasteiger partial charge on any atom is 0.323 e. The number of aromatic amines is 2. The van der Waals surface area contributed by atoms with Crippen molar-refractivity contribution in [1.82, 2.24) is 24.6 Å². The van der Waals surface area contributed by atoms with Crippen molar-refractivity contribution >= 4 is 16.7 Å². The molecule has 0 fully saturated rings. The van der Waals surface area contributed by atoms with Gasteiger partial charge in [-0.05, 0) is 54.2 Å². The first kappa shape index (κ1) is 14.7. The molecule has 3 aromatic heterocycles. The third-order valence-electron chi connectivity index (χ3n) is 4.72. The van der Waals surface area contributed by atoms with Crippen LogP contribution in [0.2, 0.25) is 0 Å². The smallest absolute Gasteiger partial charge is 0.306 e. The van der Waals surface area contributed by atoms with Crippen LogP contribution in [0.1, 0.15) is 36.5 Å². The van der Waals surface area contributed by atoms with E-state index in [9.17, 15) is 4.79 Å². The fraction of sp³-hybridized carbons (Fsp3) is 0.278. The summed E-state index contributed by atoms with van der Waals surface area (Å²) in [6, 6.07) is 4.11. The highest BCUT2D eigenvalue weighted by molar-refractivity contribution is 5.85. The average molecular weight is 321 g/mol. The number of hydrogen-bond acceptors (Lipinski definition) is 3. The molecule has 0 unspecified atom stereocenters. The molecule has 6 heteroatoms.